The van der Waals surface area contributed by atoms with Crippen LogP contribution in [-0.4, -0.2) is 34.7 Å². The zero-order chi connectivity index (χ0) is 16.3. The van der Waals surface area contributed by atoms with E-state index in [9.17, 15) is 8.42 Å². The summed E-state index contributed by atoms with van der Waals surface area (Å²) in [6.07, 6.45) is 1.30. The number of nitrogens with zero attached hydrogens (tertiary/aromatic N) is 1. The zero-order valence-corrected chi connectivity index (χ0v) is 14.0. The van der Waals surface area contributed by atoms with E-state index in [1.54, 1.807) is 0 Å². The fraction of sp³-hybridized carbons (Fsp3) is 0.308. The van der Waals surface area contributed by atoms with Crippen molar-refractivity contribution in [1.82, 2.24) is 4.98 Å². The van der Waals surface area contributed by atoms with Gasteiger partial charge in [-0.1, -0.05) is 0 Å². The Morgan fingerprint density at radius 1 is 1.14 bits per heavy atom. The Morgan fingerprint density at radius 2 is 1.73 bits per heavy atom. The van der Waals surface area contributed by atoms with Crippen LogP contribution < -0.4 is 19.9 Å². The van der Waals surface area contributed by atoms with Gasteiger partial charge in [0.1, 0.15) is 9.22 Å². The number of nitrogens with two attached hydrogens (primary N) is 1. The van der Waals surface area contributed by atoms with Gasteiger partial charge in [0.05, 0.1) is 32.4 Å². The Kier molecular flexibility index (Phi) is 4.89. The number of ether oxygens (including phenoxy) is 3. The Bertz CT molecular complexity index is 745. The van der Waals surface area contributed by atoms with E-state index < -0.39 is 9.84 Å². The third kappa shape index (κ3) is 2.87. The van der Waals surface area contributed by atoms with Gasteiger partial charge in [-0.05, 0) is 0 Å². The van der Waals surface area contributed by atoms with Crippen LogP contribution in [0.15, 0.2) is 27.4 Å². The number of benzene rings is 1. The van der Waals surface area contributed by atoms with E-state index >= 15 is 0 Å². The van der Waals surface area contributed by atoms with Gasteiger partial charge >= 0.3 is 0 Å². The van der Waals surface area contributed by atoms with Crippen molar-refractivity contribution in [2.24, 2.45) is 5.73 Å². The molecule has 0 unspecified atom stereocenters. The van der Waals surface area contributed by atoms with Crippen molar-refractivity contribution in [3.05, 3.63) is 23.3 Å². The van der Waals surface area contributed by atoms with Crippen molar-refractivity contribution >= 4 is 21.2 Å². The first-order valence-corrected chi connectivity index (χ1v) is 8.47. The maximum atomic E-state index is 12.7. The minimum Gasteiger partial charge on any atom is -0.493 e. The van der Waals surface area contributed by atoms with Gasteiger partial charge in [0.2, 0.25) is 15.6 Å². The molecule has 9 heteroatoms. The number of thiazole rings is 1. The zero-order valence-electron chi connectivity index (χ0n) is 12.3. The molecule has 1 aromatic carbocycles. The van der Waals surface area contributed by atoms with Crippen LogP contribution in [0.3, 0.4) is 0 Å². The summed E-state index contributed by atoms with van der Waals surface area (Å²) in [7, 11) is 0.563. The molecule has 7 nitrogen and oxygen atoms in total. The summed E-state index contributed by atoms with van der Waals surface area (Å²) in [6, 6.07) is 2.77. The first-order valence-electron chi connectivity index (χ1n) is 6.17. The molecule has 120 valence electrons. The predicted octanol–water partition coefficient (Wildman–Crippen LogP) is 1.46. The minimum absolute atomic E-state index is 0.0363. The predicted molar refractivity (Wildman–Crippen MR) is 81.6 cm³/mol. The average Bonchev–Trinajstić information content (AvgIpc) is 3.03. The second kappa shape index (κ2) is 6.51. The van der Waals surface area contributed by atoms with Crippen molar-refractivity contribution in [2.45, 2.75) is 15.6 Å². The highest BCUT2D eigenvalue weighted by molar-refractivity contribution is 7.93. The highest BCUT2D eigenvalue weighted by Gasteiger charge is 2.25. The minimum atomic E-state index is -3.73. The number of hydrogen-bond donors (Lipinski definition) is 1. The summed E-state index contributed by atoms with van der Waals surface area (Å²) < 4.78 is 41.0. The lowest BCUT2D eigenvalue weighted by molar-refractivity contribution is 0.323. The molecular weight excluding hydrogens is 328 g/mol. The fourth-order valence-electron chi connectivity index (χ4n) is 1.84. The van der Waals surface area contributed by atoms with Crippen LogP contribution in [0, 0.1) is 0 Å². The fourth-order valence-corrected chi connectivity index (χ4v) is 4.33. The van der Waals surface area contributed by atoms with Gasteiger partial charge in [-0.15, -0.1) is 11.3 Å². The number of methoxy groups -OCH3 is 3. The van der Waals surface area contributed by atoms with Crippen LogP contribution >= 0.6 is 11.3 Å². The third-order valence-corrected chi connectivity index (χ3v) is 6.13. The third-order valence-electron chi connectivity index (χ3n) is 2.92. The van der Waals surface area contributed by atoms with E-state index in [1.807, 2.05) is 0 Å². The quantitative estimate of drug-likeness (QED) is 0.846. The van der Waals surface area contributed by atoms with Crippen LogP contribution in [0.4, 0.5) is 0 Å². The second-order valence-corrected chi connectivity index (χ2v) is 7.43. The van der Waals surface area contributed by atoms with Crippen molar-refractivity contribution < 1.29 is 22.6 Å². The summed E-state index contributed by atoms with van der Waals surface area (Å²) in [5.41, 5.74) is 5.47. The Balaban J connectivity index is 2.60. The molecule has 0 saturated carbocycles. The number of sulfone groups is 1. The summed E-state index contributed by atoms with van der Waals surface area (Å²) in [6.45, 7) is 0.190. The molecule has 0 saturated heterocycles. The lowest BCUT2D eigenvalue weighted by Gasteiger charge is -2.13. The normalized spacial score (nSPS) is 11.3. The molecule has 0 fully saturated rings. The molecule has 0 amide bonds. The number of rotatable bonds is 6. The molecular formula is C13H16N2O5S2. The number of hydrogen-bond acceptors (Lipinski definition) is 8. The lowest BCUT2D eigenvalue weighted by Crippen LogP contribution is -2.03. The van der Waals surface area contributed by atoms with E-state index in [4.69, 9.17) is 19.9 Å². The van der Waals surface area contributed by atoms with Crippen LogP contribution in [-0.2, 0) is 16.4 Å². The molecule has 1 aromatic heterocycles. The van der Waals surface area contributed by atoms with E-state index in [1.165, 1.54) is 39.7 Å². The molecule has 0 aliphatic heterocycles. The van der Waals surface area contributed by atoms with Gasteiger partial charge in [0, 0.05) is 18.7 Å². The molecule has 0 aliphatic carbocycles. The van der Waals surface area contributed by atoms with Gasteiger partial charge in [-0.25, -0.2) is 13.4 Å². The monoisotopic (exact) mass is 344 g/mol. The molecule has 2 aromatic rings. The highest BCUT2D eigenvalue weighted by atomic mass is 32.2. The van der Waals surface area contributed by atoms with Gasteiger partial charge in [-0.2, -0.15) is 0 Å². The molecule has 2 N–H and O–H groups in total. The van der Waals surface area contributed by atoms with Crippen molar-refractivity contribution in [1.29, 1.82) is 0 Å². The Morgan fingerprint density at radius 3 is 2.14 bits per heavy atom. The molecule has 2 rings (SSSR count). The first kappa shape index (κ1) is 16.5. The molecule has 0 bridgehead atoms. The number of aromatic nitrogens is 1. The standard InChI is InChI=1S/C13H16N2O5S2/c1-18-9-4-8(5-10(19-2)13(9)20-3)22(16,17)12-7-15-11(6-14)21-12/h4-5,7H,6,14H2,1-3H3. The molecule has 1 heterocycles. The van der Waals surface area contributed by atoms with Gasteiger partial charge in [0.15, 0.2) is 11.5 Å². The average molecular weight is 344 g/mol. The van der Waals surface area contributed by atoms with Crippen LogP contribution in [0.1, 0.15) is 5.01 Å². The summed E-state index contributed by atoms with van der Waals surface area (Å²) in [5.74, 6) is 0.865. The summed E-state index contributed by atoms with van der Waals surface area (Å²) in [5, 5.41) is 0.547. The van der Waals surface area contributed by atoms with E-state index in [0.717, 1.165) is 11.3 Å². The first-order chi connectivity index (χ1) is 10.5. The van der Waals surface area contributed by atoms with Gasteiger partial charge in [-0.3, -0.25) is 0 Å². The smallest absolute Gasteiger partial charge is 0.217 e. The van der Waals surface area contributed by atoms with Crippen LogP contribution in [0.2, 0.25) is 0 Å². The molecule has 0 radical (unpaired) electrons. The van der Waals surface area contributed by atoms with E-state index in [-0.39, 0.29) is 27.1 Å². The largest absolute Gasteiger partial charge is 0.493 e. The topological polar surface area (TPSA) is 101 Å². The maximum absolute atomic E-state index is 12.7. The molecule has 22 heavy (non-hydrogen) atoms. The summed E-state index contributed by atoms with van der Waals surface area (Å²) >= 11 is 1.03. The maximum Gasteiger partial charge on any atom is 0.217 e. The molecule has 0 aliphatic rings. The van der Waals surface area contributed by atoms with Crippen molar-refractivity contribution in [2.75, 3.05) is 21.3 Å². The molecule has 0 spiro atoms. The second-order valence-electron chi connectivity index (χ2n) is 4.14. The summed E-state index contributed by atoms with van der Waals surface area (Å²) in [4.78, 5) is 4.01. The van der Waals surface area contributed by atoms with Crippen LogP contribution in [0.25, 0.3) is 0 Å². The van der Waals surface area contributed by atoms with Crippen LogP contribution in [0.5, 0.6) is 17.2 Å². The Labute approximate surface area is 132 Å². The van der Waals surface area contributed by atoms with Crippen molar-refractivity contribution in [3.63, 3.8) is 0 Å². The lowest BCUT2D eigenvalue weighted by atomic mass is 10.3. The molecule has 0 atom stereocenters. The highest BCUT2D eigenvalue weighted by Crippen LogP contribution is 2.41. The Hall–Kier alpha value is -1.84. The SMILES string of the molecule is COc1cc(S(=O)(=O)c2cnc(CN)s2)cc(OC)c1OC. The van der Waals surface area contributed by atoms with Gasteiger partial charge < -0.3 is 19.9 Å². The van der Waals surface area contributed by atoms with E-state index in [2.05, 4.69) is 4.98 Å². The van der Waals surface area contributed by atoms with E-state index in [0.29, 0.717) is 10.8 Å². The van der Waals surface area contributed by atoms with Gasteiger partial charge in [0.25, 0.3) is 0 Å². The van der Waals surface area contributed by atoms with Crippen molar-refractivity contribution in [3.8, 4) is 17.2 Å².